The van der Waals surface area contributed by atoms with Crippen LogP contribution in [0.25, 0.3) is 11.2 Å². The van der Waals surface area contributed by atoms with Crippen LogP contribution in [-0.4, -0.2) is 31.5 Å². The standard InChI is InChI=1S/C19H12F4N6O/c20-12-15(13(21)17(23)29-16(12)22)30-11-3-1-10(2-4-11)5-6-25-18-14-19(28-9-27-18)26-8-7-24-14/h1-4,7-9H,5-6H2,(H,25,26,27,28). The zero-order valence-electron chi connectivity index (χ0n) is 15.1. The average molecular weight is 416 g/mol. The molecule has 0 bridgehead atoms. The summed E-state index contributed by atoms with van der Waals surface area (Å²) in [6.07, 6.45) is 5.04. The lowest BCUT2D eigenvalue weighted by Crippen LogP contribution is -2.08. The van der Waals surface area contributed by atoms with E-state index >= 15 is 0 Å². The number of hydrogen-bond donors (Lipinski definition) is 1. The molecule has 3 heterocycles. The minimum absolute atomic E-state index is 0.00609. The van der Waals surface area contributed by atoms with Gasteiger partial charge in [-0.3, -0.25) is 0 Å². The fourth-order valence-corrected chi connectivity index (χ4v) is 2.65. The number of anilines is 1. The molecular formula is C19H12F4N6O. The second kappa shape index (κ2) is 8.23. The van der Waals surface area contributed by atoms with Gasteiger partial charge < -0.3 is 10.1 Å². The van der Waals surface area contributed by atoms with E-state index in [1.807, 2.05) is 0 Å². The minimum Gasteiger partial charge on any atom is -0.451 e. The molecule has 4 aromatic rings. The van der Waals surface area contributed by atoms with Gasteiger partial charge in [0.25, 0.3) is 11.9 Å². The van der Waals surface area contributed by atoms with Crippen LogP contribution in [0.2, 0.25) is 0 Å². The molecular weight excluding hydrogens is 404 g/mol. The smallest absolute Gasteiger partial charge is 0.255 e. The van der Waals surface area contributed by atoms with Crippen molar-refractivity contribution >= 4 is 17.0 Å². The molecule has 0 aliphatic rings. The van der Waals surface area contributed by atoms with Gasteiger partial charge >= 0.3 is 0 Å². The van der Waals surface area contributed by atoms with Crippen molar-refractivity contribution in [3.05, 3.63) is 72.1 Å². The molecule has 4 rings (SSSR count). The second-order valence-electron chi connectivity index (χ2n) is 6.02. The Bertz CT molecular complexity index is 1170. The van der Waals surface area contributed by atoms with Crippen LogP contribution in [0.4, 0.5) is 23.4 Å². The van der Waals surface area contributed by atoms with E-state index in [1.165, 1.54) is 24.7 Å². The number of rotatable bonds is 6. The second-order valence-corrected chi connectivity index (χ2v) is 6.02. The Morgan fingerprint density at radius 3 is 2.27 bits per heavy atom. The molecule has 0 amide bonds. The molecule has 0 aliphatic heterocycles. The lowest BCUT2D eigenvalue weighted by Gasteiger charge is -2.10. The third kappa shape index (κ3) is 3.95. The molecule has 0 unspecified atom stereocenters. The molecule has 0 saturated heterocycles. The number of ether oxygens (including phenoxy) is 1. The van der Waals surface area contributed by atoms with Gasteiger partial charge in [-0.25, -0.2) is 19.9 Å². The first-order chi connectivity index (χ1) is 14.5. The zero-order chi connectivity index (χ0) is 21.1. The highest BCUT2D eigenvalue weighted by atomic mass is 19.2. The minimum atomic E-state index is -1.78. The summed E-state index contributed by atoms with van der Waals surface area (Å²) in [6, 6.07) is 6.16. The number of pyridine rings is 1. The van der Waals surface area contributed by atoms with Crippen molar-refractivity contribution in [3.8, 4) is 11.5 Å². The Kier molecular flexibility index (Phi) is 5.33. The van der Waals surface area contributed by atoms with E-state index in [2.05, 4.69) is 30.2 Å². The number of benzene rings is 1. The number of nitrogens with one attached hydrogen (secondary N) is 1. The van der Waals surface area contributed by atoms with E-state index in [9.17, 15) is 17.6 Å². The van der Waals surface area contributed by atoms with Crippen LogP contribution in [0.5, 0.6) is 11.5 Å². The van der Waals surface area contributed by atoms with Gasteiger partial charge in [-0.1, -0.05) is 12.1 Å². The Morgan fingerprint density at radius 1 is 0.833 bits per heavy atom. The summed E-state index contributed by atoms with van der Waals surface area (Å²) in [6.45, 7) is 0.507. The molecule has 1 aromatic carbocycles. The molecule has 0 saturated carbocycles. The first kappa shape index (κ1) is 19.4. The molecule has 1 N–H and O–H groups in total. The van der Waals surface area contributed by atoms with Crippen molar-refractivity contribution in [3.63, 3.8) is 0 Å². The summed E-state index contributed by atoms with van der Waals surface area (Å²) in [5.41, 5.74) is 1.89. The van der Waals surface area contributed by atoms with Gasteiger partial charge in [-0.05, 0) is 24.1 Å². The van der Waals surface area contributed by atoms with E-state index in [-0.39, 0.29) is 5.75 Å². The van der Waals surface area contributed by atoms with Crippen molar-refractivity contribution in [2.45, 2.75) is 6.42 Å². The molecule has 7 nitrogen and oxygen atoms in total. The molecule has 0 fully saturated rings. The summed E-state index contributed by atoms with van der Waals surface area (Å²) >= 11 is 0. The zero-order valence-corrected chi connectivity index (χ0v) is 15.1. The number of fused-ring (bicyclic) bond motifs is 1. The Hall–Kier alpha value is -3.89. The number of nitrogens with zero attached hydrogens (tertiary/aromatic N) is 5. The number of hydrogen-bond acceptors (Lipinski definition) is 7. The predicted molar refractivity (Wildman–Crippen MR) is 97.9 cm³/mol. The van der Waals surface area contributed by atoms with Crippen molar-refractivity contribution in [1.82, 2.24) is 24.9 Å². The first-order valence-corrected chi connectivity index (χ1v) is 8.65. The first-order valence-electron chi connectivity index (χ1n) is 8.65. The monoisotopic (exact) mass is 416 g/mol. The molecule has 0 atom stereocenters. The summed E-state index contributed by atoms with van der Waals surface area (Å²) in [7, 11) is 0. The van der Waals surface area contributed by atoms with Crippen LogP contribution in [0, 0.1) is 23.5 Å². The number of aromatic nitrogens is 5. The van der Waals surface area contributed by atoms with Crippen LogP contribution >= 0.6 is 0 Å². The molecule has 0 aliphatic carbocycles. The molecule has 0 spiro atoms. The highest BCUT2D eigenvalue weighted by Gasteiger charge is 2.22. The van der Waals surface area contributed by atoms with Crippen molar-refractivity contribution < 1.29 is 22.3 Å². The van der Waals surface area contributed by atoms with Gasteiger partial charge in [0.15, 0.2) is 11.5 Å². The lowest BCUT2D eigenvalue weighted by molar-refractivity contribution is 0.343. The highest BCUT2D eigenvalue weighted by molar-refractivity contribution is 5.81. The topological polar surface area (TPSA) is 85.7 Å². The van der Waals surface area contributed by atoms with E-state index in [0.29, 0.717) is 29.9 Å². The Morgan fingerprint density at radius 2 is 1.53 bits per heavy atom. The number of halogens is 4. The third-order valence-corrected chi connectivity index (χ3v) is 4.08. The predicted octanol–water partition coefficient (Wildman–Crippen LogP) is 3.82. The van der Waals surface area contributed by atoms with Gasteiger partial charge in [0.05, 0.1) is 0 Å². The Balaban J connectivity index is 1.41. The Labute approximate surface area is 166 Å². The largest absolute Gasteiger partial charge is 0.451 e. The van der Waals surface area contributed by atoms with E-state index < -0.39 is 29.3 Å². The summed E-state index contributed by atoms with van der Waals surface area (Å²) in [4.78, 5) is 19.0. The molecule has 0 radical (unpaired) electrons. The quantitative estimate of drug-likeness (QED) is 0.378. The lowest BCUT2D eigenvalue weighted by atomic mass is 10.1. The normalized spacial score (nSPS) is 10.9. The van der Waals surface area contributed by atoms with Crippen LogP contribution in [0.3, 0.4) is 0 Å². The molecule has 152 valence electrons. The summed E-state index contributed by atoms with van der Waals surface area (Å²) in [5, 5.41) is 3.14. The van der Waals surface area contributed by atoms with Crippen LogP contribution in [-0.2, 0) is 6.42 Å². The van der Waals surface area contributed by atoms with Gasteiger partial charge in [0.1, 0.15) is 17.6 Å². The van der Waals surface area contributed by atoms with Crippen LogP contribution < -0.4 is 10.1 Å². The van der Waals surface area contributed by atoms with Crippen molar-refractivity contribution in [2.24, 2.45) is 0 Å². The van der Waals surface area contributed by atoms with Gasteiger partial charge in [0.2, 0.25) is 17.4 Å². The van der Waals surface area contributed by atoms with Gasteiger partial charge in [-0.15, -0.1) is 0 Å². The van der Waals surface area contributed by atoms with Crippen LogP contribution in [0.1, 0.15) is 5.56 Å². The fourth-order valence-electron chi connectivity index (χ4n) is 2.65. The maximum Gasteiger partial charge on any atom is 0.255 e. The summed E-state index contributed by atoms with van der Waals surface area (Å²) < 4.78 is 58.6. The molecule has 11 heteroatoms. The molecule has 3 aromatic heterocycles. The van der Waals surface area contributed by atoms with Crippen molar-refractivity contribution in [2.75, 3.05) is 11.9 Å². The SMILES string of the molecule is Fc1nc(F)c(F)c(Oc2ccc(CCNc3ncnc4nccnc34)cc2)c1F. The third-order valence-electron chi connectivity index (χ3n) is 4.08. The molecule has 30 heavy (non-hydrogen) atoms. The maximum absolute atomic E-state index is 13.6. The van der Waals surface area contributed by atoms with Crippen LogP contribution in [0.15, 0.2) is 43.0 Å². The summed E-state index contributed by atoms with van der Waals surface area (Å²) in [5.74, 6) is -7.62. The van der Waals surface area contributed by atoms with Gasteiger partial charge in [0, 0.05) is 18.9 Å². The van der Waals surface area contributed by atoms with E-state index in [1.54, 1.807) is 18.3 Å². The average Bonchev–Trinajstić information content (AvgIpc) is 2.76. The van der Waals surface area contributed by atoms with E-state index in [4.69, 9.17) is 4.74 Å². The fraction of sp³-hybridized carbons (Fsp3) is 0.105. The van der Waals surface area contributed by atoms with Gasteiger partial charge in [-0.2, -0.15) is 22.5 Å². The highest BCUT2D eigenvalue weighted by Crippen LogP contribution is 2.29. The van der Waals surface area contributed by atoms with E-state index in [0.717, 1.165) is 5.56 Å². The maximum atomic E-state index is 13.6. The van der Waals surface area contributed by atoms with Crippen molar-refractivity contribution in [1.29, 1.82) is 0 Å².